The van der Waals surface area contributed by atoms with Crippen LogP contribution in [0.25, 0.3) is 0 Å². The second-order valence-electron chi connectivity index (χ2n) is 5.71. The number of ketones is 2. The van der Waals surface area contributed by atoms with Crippen LogP contribution in [0.15, 0.2) is 24.3 Å². The molecule has 1 unspecified atom stereocenters. The van der Waals surface area contributed by atoms with E-state index < -0.39 is 5.92 Å². The van der Waals surface area contributed by atoms with Crippen molar-refractivity contribution in [3.63, 3.8) is 0 Å². The van der Waals surface area contributed by atoms with Crippen molar-refractivity contribution in [2.75, 3.05) is 6.61 Å². The molecule has 2 rings (SSSR count). The van der Waals surface area contributed by atoms with E-state index in [2.05, 4.69) is 6.92 Å². The summed E-state index contributed by atoms with van der Waals surface area (Å²) in [7, 11) is 0. The van der Waals surface area contributed by atoms with Crippen LogP contribution in [-0.2, 0) is 4.79 Å². The molecule has 0 heterocycles. The number of hydrogen-bond acceptors (Lipinski definition) is 3. The molecule has 0 N–H and O–H groups in total. The fraction of sp³-hybridized carbons (Fsp3) is 0.556. The van der Waals surface area contributed by atoms with Crippen molar-refractivity contribution in [2.24, 2.45) is 5.92 Å². The Kier molecular flexibility index (Phi) is 5.97. The highest BCUT2D eigenvalue weighted by Gasteiger charge is 2.27. The van der Waals surface area contributed by atoms with Gasteiger partial charge in [-0.2, -0.15) is 0 Å². The van der Waals surface area contributed by atoms with Crippen LogP contribution in [0.3, 0.4) is 0 Å². The summed E-state index contributed by atoms with van der Waals surface area (Å²) in [6.45, 7) is 2.73. The normalized spacial score (nSPS) is 19.7. The van der Waals surface area contributed by atoms with Crippen molar-refractivity contribution in [2.45, 2.75) is 51.9 Å². The van der Waals surface area contributed by atoms with E-state index in [1.54, 1.807) is 12.1 Å². The minimum atomic E-state index is -0.437. The summed E-state index contributed by atoms with van der Waals surface area (Å²) in [5.41, 5.74) is 0.623. The lowest BCUT2D eigenvalue weighted by atomic mass is 9.84. The average molecular weight is 288 g/mol. The minimum Gasteiger partial charge on any atom is -0.494 e. The Balaban J connectivity index is 2.05. The van der Waals surface area contributed by atoms with Gasteiger partial charge >= 0.3 is 0 Å². The summed E-state index contributed by atoms with van der Waals surface area (Å²) < 4.78 is 5.51. The standard InChI is InChI=1S/C18H24O3/c1-2-13-21-15-11-9-14(10-12-15)18(20)16-7-5-3-4-6-8-17(16)19/h9-12,16H,2-8,13H2,1H3. The van der Waals surface area contributed by atoms with Crippen LogP contribution >= 0.6 is 0 Å². The van der Waals surface area contributed by atoms with Crippen molar-refractivity contribution in [1.29, 1.82) is 0 Å². The summed E-state index contributed by atoms with van der Waals surface area (Å²) in [6, 6.07) is 7.19. The lowest BCUT2D eigenvalue weighted by Gasteiger charge is -2.17. The molecule has 1 aromatic rings. The molecule has 1 aliphatic carbocycles. The van der Waals surface area contributed by atoms with E-state index in [1.807, 2.05) is 12.1 Å². The summed E-state index contributed by atoms with van der Waals surface area (Å²) in [5.74, 6) is 0.431. The van der Waals surface area contributed by atoms with Gasteiger partial charge in [-0.3, -0.25) is 9.59 Å². The molecule has 3 heteroatoms. The van der Waals surface area contributed by atoms with Gasteiger partial charge in [0, 0.05) is 12.0 Å². The van der Waals surface area contributed by atoms with Gasteiger partial charge in [0.2, 0.25) is 0 Å². The lowest BCUT2D eigenvalue weighted by molar-refractivity contribution is -0.122. The molecular formula is C18H24O3. The van der Waals surface area contributed by atoms with Crippen molar-refractivity contribution in [3.05, 3.63) is 29.8 Å². The second-order valence-corrected chi connectivity index (χ2v) is 5.71. The Morgan fingerprint density at radius 2 is 1.86 bits per heavy atom. The van der Waals surface area contributed by atoms with E-state index in [0.29, 0.717) is 25.0 Å². The van der Waals surface area contributed by atoms with Crippen LogP contribution in [0.4, 0.5) is 0 Å². The number of Topliss-reactive ketones (excluding diaryl/α,β-unsaturated/α-hetero) is 2. The molecule has 0 aliphatic heterocycles. The van der Waals surface area contributed by atoms with E-state index in [0.717, 1.165) is 37.9 Å². The molecule has 21 heavy (non-hydrogen) atoms. The smallest absolute Gasteiger partial charge is 0.173 e. The van der Waals surface area contributed by atoms with Crippen molar-refractivity contribution in [3.8, 4) is 5.75 Å². The Morgan fingerprint density at radius 3 is 2.57 bits per heavy atom. The first-order valence-corrected chi connectivity index (χ1v) is 8.02. The molecule has 0 saturated heterocycles. The fourth-order valence-electron chi connectivity index (χ4n) is 2.75. The van der Waals surface area contributed by atoms with E-state index in [9.17, 15) is 9.59 Å². The number of ether oxygens (including phenoxy) is 1. The lowest BCUT2D eigenvalue weighted by Crippen LogP contribution is -2.25. The monoisotopic (exact) mass is 288 g/mol. The van der Waals surface area contributed by atoms with Gasteiger partial charge in [0.1, 0.15) is 11.5 Å². The molecule has 1 atom stereocenters. The Morgan fingerprint density at radius 1 is 1.14 bits per heavy atom. The highest BCUT2D eigenvalue weighted by molar-refractivity contribution is 6.10. The number of carbonyl (C=O) groups excluding carboxylic acids is 2. The molecule has 0 amide bonds. The summed E-state index contributed by atoms with van der Waals surface area (Å²) in [5, 5.41) is 0. The maximum atomic E-state index is 12.5. The van der Waals surface area contributed by atoms with Gasteiger partial charge < -0.3 is 4.74 Å². The topological polar surface area (TPSA) is 43.4 Å². The molecule has 3 nitrogen and oxygen atoms in total. The van der Waals surface area contributed by atoms with Gasteiger partial charge in [-0.15, -0.1) is 0 Å². The molecule has 1 aromatic carbocycles. The predicted octanol–water partition coefficient (Wildman–Crippen LogP) is 4.20. The van der Waals surface area contributed by atoms with Crippen LogP contribution < -0.4 is 4.74 Å². The zero-order valence-electron chi connectivity index (χ0n) is 12.8. The Hall–Kier alpha value is -1.64. The van der Waals surface area contributed by atoms with E-state index >= 15 is 0 Å². The highest BCUT2D eigenvalue weighted by Crippen LogP contribution is 2.24. The zero-order chi connectivity index (χ0) is 15.1. The largest absolute Gasteiger partial charge is 0.494 e. The van der Waals surface area contributed by atoms with Crippen LogP contribution in [-0.4, -0.2) is 18.2 Å². The number of rotatable bonds is 5. The molecule has 1 saturated carbocycles. The summed E-state index contributed by atoms with van der Waals surface area (Å²) in [4.78, 5) is 24.7. The average Bonchev–Trinajstić information content (AvgIpc) is 2.49. The minimum absolute atomic E-state index is 0.0241. The first-order valence-electron chi connectivity index (χ1n) is 8.02. The Labute approximate surface area is 126 Å². The van der Waals surface area contributed by atoms with Gasteiger partial charge in [-0.1, -0.05) is 26.2 Å². The molecule has 0 spiro atoms. The van der Waals surface area contributed by atoms with Crippen LogP contribution in [0.2, 0.25) is 0 Å². The zero-order valence-corrected chi connectivity index (χ0v) is 12.8. The maximum Gasteiger partial charge on any atom is 0.173 e. The highest BCUT2D eigenvalue weighted by atomic mass is 16.5. The number of hydrogen-bond donors (Lipinski definition) is 0. The SMILES string of the molecule is CCCOc1ccc(C(=O)C2CCCCCCC2=O)cc1. The molecule has 0 aromatic heterocycles. The molecule has 0 bridgehead atoms. The molecule has 114 valence electrons. The van der Waals surface area contributed by atoms with Crippen molar-refractivity contribution >= 4 is 11.6 Å². The van der Waals surface area contributed by atoms with Crippen molar-refractivity contribution in [1.82, 2.24) is 0 Å². The molecule has 1 aliphatic rings. The van der Waals surface area contributed by atoms with Crippen LogP contribution in [0.5, 0.6) is 5.75 Å². The number of carbonyl (C=O) groups is 2. The van der Waals surface area contributed by atoms with Gasteiger partial charge in [0.25, 0.3) is 0 Å². The van der Waals surface area contributed by atoms with E-state index in [1.165, 1.54) is 0 Å². The van der Waals surface area contributed by atoms with Crippen LogP contribution in [0, 0.1) is 5.92 Å². The summed E-state index contributed by atoms with van der Waals surface area (Å²) >= 11 is 0. The predicted molar refractivity (Wildman–Crippen MR) is 82.8 cm³/mol. The third kappa shape index (κ3) is 4.42. The first-order chi connectivity index (χ1) is 10.2. The quantitative estimate of drug-likeness (QED) is 0.602. The van der Waals surface area contributed by atoms with E-state index in [-0.39, 0.29) is 11.6 Å². The molecule has 1 fully saturated rings. The fourth-order valence-corrected chi connectivity index (χ4v) is 2.75. The van der Waals surface area contributed by atoms with Gasteiger partial charge in [0.05, 0.1) is 12.5 Å². The maximum absolute atomic E-state index is 12.5. The Bertz CT molecular complexity index is 476. The van der Waals surface area contributed by atoms with Gasteiger partial charge in [-0.05, 0) is 43.5 Å². The third-order valence-corrected chi connectivity index (χ3v) is 3.98. The number of benzene rings is 1. The first kappa shape index (κ1) is 15.7. The summed E-state index contributed by atoms with van der Waals surface area (Å²) in [6.07, 6.45) is 6.33. The van der Waals surface area contributed by atoms with Gasteiger partial charge in [0.15, 0.2) is 5.78 Å². The van der Waals surface area contributed by atoms with Crippen LogP contribution in [0.1, 0.15) is 62.2 Å². The van der Waals surface area contributed by atoms with Crippen molar-refractivity contribution < 1.29 is 14.3 Å². The molecular weight excluding hydrogens is 264 g/mol. The van der Waals surface area contributed by atoms with Gasteiger partial charge in [-0.25, -0.2) is 0 Å². The molecule has 0 radical (unpaired) electrons. The second kappa shape index (κ2) is 7.96. The van der Waals surface area contributed by atoms with E-state index in [4.69, 9.17) is 4.74 Å². The third-order valence-electron chi connectivity index (χ3n) is 3.98.